The second-order valence-corrected chi connectivity index (χ2v) is 10.1. The van der Waals surface area contributed by atoms with Gasteiger partial charge in [0.1, 0.15) is 5.75 Å². The highest BCUT2D eigenvalue weighted by molar-refractivity contribution is 5.91. The second kappa shape index (κ2) is 16.4. The SMILES string of the molecule is CCCCCCCCCCOc1ccc(C(=O)Oc2ccc(-c3ccc(C(=O)O[C@H](C)CC)cc3)cc2)cc1F. The summed E-state index contributed by atoms with van der Waals surface area (Å²) in [5.74, 6) is -1.09. The first kappa shape index (κ1) is 30.9. The molecule has 40 heavy (non-hydrogen) atoms. The van der Waals surface area contributed by atoms with Crippen molar-refractivity contribution in [3.05, 3.63) is 83.7 Å². The molecule has 0 saturated carbocycles. The summed E-state index contributed by atoms with van der Waals surface area (Å²) in [7, 11) is 0. The molecule has 3 aromatic carbocycles. The van der Waals surface area contributed by atoms with E-state index in [2.05, 4.69) is 6.92 Å². The van der Waals surface area contributed by atoms with Crippen molar-refractivity contribution in [1.29, 1.82) is 0 Å². The standard InChI is InChI=1S/C34H41FO5/c1-4-6-7-8-9-10-11-12-23-38-32-22-19-29(24-31(32)35)34(37)40-30-20-17-27(18-21-30)26-13-15-28(16-14-26)33(36)39-25(3)5-2/h13-22,24-25H,4-12,23H2,1-3H3/t25-/m1/s1. The van der Waals surface area contributed by atoms with Crippen molar-refractivity contribution >= 4 is 11.9 Å². The summed E-state index contributed by atoms with van der Waals surface area (Å²) < 4.78 is 30.9. The van der Waals surface area contributed by atoms with E-state index in [0.29, 0.717) is 17.9 Å². The molecule has 214 valence electrons. The molecule has 0 amide bonds. The molecule has 3 rings (SSSR count). The fourth-order valence-corrected chi connectivity index (χ4v) is 4.18. The Morgan fingerprint density at radius 2 is 1.30 bits per heavy atom. The molecule has 0 heterocycles. The van der Waals surface area contributed by atoms with Gasteiger partial charge in [0.15, 0.2) is 11.6 Å². The number of carbonyl (C=O) groups excluding carboxylic acids is 2. The van der Waals surface area contributed by atoms with Gasteiger partial charge < -0.3 is 14.2 Å². The molecule has 0 unspecified atom stereocenters. The molecule has 0 aromatic heterocycles. The van der Waals surface area contributed by atoms with Gasteiger partial charge in [0.2, 0.25) is 0 Å². The van der Waals surface area contributed by atoms with E-state index in [0.717, 1.165) is 36.5 Å². The number of benzene rings is 3. The van der Waals surface area contributed by atoms with Crippen LogP contribution in [0.4, 0.5) is 4.39 Å². The second-order valence-electron chi connectivity index (χ2n) is 10.1. The number of carbonyl (C=O) groups is 2. The van der Waals surface area contributed by atoms with Crippen LogP contribution in [-0.2, 0) is 4.74 Å². The smallest absolute Gasteiger partial charge is 0.343 e. The third kappa shape index (κ3) is 9.82. The van der Waals surface area contributed by atoms with Crippen molar-refractivity contribution in [2.24, 2.45) is 0 Å². The van der Waals surface area contributed by atoms with Crippen LogP contribution in [0.2, 0.25) is 0 Å². The minimum absolute atomic E-state index is 0.112. The third-order valence-electron chi connectivity index (χ3n) is 6.82. The molecule has 0 spiro atoms. The fourth-order valence-electron chi connectivity index (χ4n) is 4.18. The van der Waals surface area contributed by atoms with Gasteiger partial charge in [0.05, 0.1) is 23.8 Å². The van der Waals surface area contributed by atoms with Crippen LogP contribution in [-0.4, -0.2) is 24.6 Å². The van der Waals surface area contributed by atoms with Gasteiger partial charge in [-0.05, 0) is 73.4 Å². The maximum absolute atomic E-state index is 14.5. The van der Waals surface area contributed by atoms with Crippen molar-refractivity contribution in [3.63, 3.8) is 0 Å². The molecule has 0 radical (unpaired) electrons. The number of hydrogen-bond donors (Lipinski definition) is 0. The van der Waals surface area contributed by atoms with Crippen molar-refractivity contribution in [2.75, 3.05) is 6.61 Å². The summed E-state index contributed by atoms with van der Waals surface area (Å²) in [6.45, 7) is 6.49. The molecule has 3 aromatic rings. The zero-order chi connectivity index (χ0) is 28.7. The van der Waals surface area contributed by atoms with E-state index in [1.807, 2.05) is 38.1 Å². The van der Waals surface area contributed by atoms with Crippen molar-refractivity contribution in [2.45, 2.75) is 84.7 Å². The number of unbranched alkanes of at least 4 members (excludes halogenated alkanes) is 7. The quantitative estimate of drug-likeness (QED) is 0.101. The normalized spacial score (nSPS) is 11.6. The van der Waals surface area contributed by atoms with Crippen LogP contribution in [0, 0.1) is 5.82 Å². The molecule has 0 fully saturated rings. The first-order valence-corrected chi connectivity index (χ1v) is 14.5. The van der Waals surface area contributed by atoms with Gasteiger partial charge in [0.25, 0.3) is 0 Å². The summed E-state index contributed by atoms with van der Waals surface area (Å²) in [4.78, 5) is 24.8. The molecule has 5 nitrogen and oxygen atoms in total. The Morgan fingerprint density at radius 3 is 1.90 bits per heavy atom. The van der Waals surface area contributed by atoms with Crippen molar-refractivity contribution < 1.29 is 28.2 Å². The molecule has 0 aliphatic rings. The lowest BCUT2D eigenvalue weighted by Crippen LogP contribution is -2.13. The Morgan fingerprint density at radius 1 is 0.725 bits per heavy atom. The van der Waals surface area contributed by atoms with Crippen molar-refractivity contribution in [1.82, 2.24) is 0 Å². The molecular formula is C34H41FO5. The lowest BCUT2D eigenvalue weighted by molar-refractivity contribution is 0.0334. The fraction of sp³-hybridized carbons (Fsp3) is 0.412. The number of halogens is 1. The summed E-state index contributed by atoms with van der Waals surface area (Å²) in [5.41, 5.74) is 2.40. The summed E-state index contributed by atoms with van der Waals surface area (Å²) in [6.07, 6.45) is 10.1. The van der Waals surface area contributed by atoms with Gasteiger partial charge in [-0.15, -0.1) is 0 Å². The molecular weight excluding hydrogens is 507 g/mol. The highest BCUT2D eigenvalue weighted by Gasteiger charge is 2.14. The maximum atomic E-state index is 14.5. The highest BCUT2D eigenvalue weighted by Crippen LogP contribution is 2.25. The van der Waals surface area contributed by atoms with E-state index in [1.54, 1.807) is 24.3 Å². The van der Waals surface area contributed by atoms with Crippen LogP contribution < -0.4 is 9.47 Å². The Hall–Kier alpha value is -3.67. The van der Waals surface area contributed by atoms with E-state index >= 15 is 0 Å². The lowest BCUT2D eigenvalue weighted by Gasteiger charge is -2.11. The molecule has 6 heteroatoms. The van der Waals surface area contributed by atoms with Gasteiger partial charge in [-0.1, -0.05) is 83.1 Å². The Labute approximate surface area is 237 Å². The monoisotopic (exact) mass is 548 g/mol. The molecule has 0 bridgehead atoms. The van der Waals surface area contributed by atoms with Gasteiger partial charge in [-0.2, -0.15) is 0 Å². The van der Waals surface area contributed by atoms with Crippen LogP contribution in [0.1, 0.15) is 99.3 Å². The van der Waals surface area contributed by atoms with E-state index < -0.39 is 11.8 Å². The Balaban J connectivity index is 1.47. The van der Waals surface area contributed by atoms with Crippen LogP contribution >= 0.6 is 0 Å². The molecule has 1 atom stereocenters. The number of ether oxygens (including phenoxy) is 3. The van der Waals surface area contributed by atoms with Crippen LogP contribution in [0.3, 0.4) is 0 Å². The number of hydrogen-bond acceptors (Lipinski definition) is 5. The third-order valence-corrected chi connectivity index (χ3v) is 6.82. The summed E-state index contributed by atoms with van der Waals surface area (Å²) in [6, 6.07) is 18.3. The zero-order valence-corrected chi connectivity index (χ0v) is 23.9. The average Bonchev–Trinajstić information content (AvgIpc) is 2.97. The largest absolute Gasteiger partial charge is 0.491 e. The van der Waals surface area contributed by atoms with Gasteiger partial charge in [-0.3, -0.25) is 0 Å². The minimum Gasteiger partial charge on any atom is -0.491 e. The van der Waals surface area contributed by atoms with Crippen LogP contribution in [0.5, 0.6) is 11.5 Å². The Kier molecular flexibility index (Phi) is 12.7. The molecule has 0 aliphatic carbocycles. The number of rotatable bonds is 16. The zero-order valence-electron chi connectivity index (χ0n) is 23.9. The predicted octanol–water partition coefficient (Wildman–Crippen LogP) is 9.19. The van der Waals surface area contributed by atoms with E-state index in [-0.39, 0.29) is 23.4 Å². The maximum Gasteiger partial charge on any atom is 0.343 e. The minimum atomic E-state index is -0.648. The van der Waals surface area contributed by atoms with Crippen LogP contribution in [0.15, 0.2) is 66.7 Å². The first-order valence-electron chi connectivity index (χ1n) is 14.5. The first-order chi connectivity index (χ1) is 19.4. The Bertz CT molecular complexity index is 1200. The summed E-state index contributed by atoms with van der Waals surface area (Å²) in [5, 5.41) is 0. The topological polar surface area (TPSA) is 61.8 Å². The predicted molar refractivity (Wildman–Crippen MR) is 157 cm³/mol. The molecule has 0 N–H and O–H groups in total. The number of esters is 2. The van der Waals surface area contributed by atoms with E-state index in [1.165, 1.54) is 50.7 Å². The van der Waals surface area contributed by atoms with Crippen molar-refractivity contribution in [3.8, 4) is 22.6 Å². The van der Waals surface area contributed by atoms with E-state index in [4.69, 9.17) is 14.2 Å². The average molecular weight is 549 g/mol. The lowest BCUT2D eigenvalue weighted by atomic mass is 10.0. The van der Waals surface area contributed by atoms with Gasteiger partial charge in [0, 0.05) is 0 Å². The van der Waals surface area contributed by atoms with E-state index in [9.17, 15) is 14.0 Å². The molecule has 0 saturated heterocycles. The van der Waals surface area contributed by atoms with Gasteiger partial charge >= 0.3 is 11.9 Å². The summed E-state index contributed by atoms with van der Waals surface area (Å²) >= 11 is 0. The highest BCUT2D eigenvalue weighted by atomic mass is 19.1. The van der Waals surface area contributed by atoms with Gasteiger partial charge in [-0.25, -0.2) is 14.0 Å². The van der Waals surface area contributed by atoms with Crippen LogP contribution in [0.25, 0.3) is 11.1 Å². The molecule has 0 aliphatic heterocycles.